The number of phenols is 1. The lowest BCUT2D eigenvalue weighted by Gasteiger charge is -2.33. The molecule has 0 amide bonds. The molecule has 37 heavy (non-hydrogen) atoms. The number of nitrogens with zero attached hydrogens (tertiary/aromatic N) is 4. The Morgan fingerprint density at radius 1 is 1.11 bits per heavy atom. The number of pyridine rings is 1. The molecule has 0 spiro atoms. The molecule has 196 valence electrons. The Morgan fingerprint density at radius 3 is 2.57 bits per heavy atom. The number of hydrogen-bond acceptors (Lipinski definition) is 7. The topological polar surface area (TPSA) is 86.7 Å². The second-order valence-electron chi connectivity index (χ2n) is 9.29. The SMILES string of the molecule is CCN1CCN(CCCOc2cc(F)c3c(-c4ccc(O)c(Cl)c4)nc4n[nH]c(C)c4c3c2OC)CC1. The van der Waals surface area contributed by atoms with Gasteiger partial charge in [0.05, 0.1) is 29.8 Å². The number of piperazine rings is 1. The van der Waals surface area contributed by atoms with E-state index in [1.165, 1.54) is 12.1 Å². The number of aromatic hydroxyl groups is 1. The molecule has 4 aromatic rings. The van der Waals surface area contributed by atoms with Gasteiger partial charge in [-0.05, 0) is 38.1 Å². The van der Waals surface area contributed by atoms with Gasteiger partial charge < -0.3 is 24.4 Å². The summed E-state index contributed by atoms with van der Waals surface area (Å²) in [5.74, 6) is 0.213. The lowest BCUT2D eigenvalue weighted by atomic mass is 9.99. The van der Waals surface area contributed by atoms with Gasteiger partial charge >= 0.3 is 0 Å². The molecule has 0 radical (unpaired) electrons. The number of halogens is 2. The molecule has 2 aromatic heterocycles. The van der Waals surface area contributed by atoms with Crippen LogP contribution < -0.4 is 9.47 Å². The van der Waals surface area contributed by atoms with E-state index in [0.717, 1.165) is 51.4 Å². The third-order valence-electron chi connectivity index (χ3n) is 7.04. The van der Waals surface area contributed by atoms with E-state index in [2.05, 4.69) is 31.9 Å². The van der Waals surface area contributed by atoms with Gasteiger partial charge in [0.25, 0.3) is 0 Å². The maximum Gasteiger partial charge on any atom is 0.182 e. The molecule has 10 heteroatoms. The van der Waals surface area contributed by atoms with E-state index in [1.807, 2.05) is 6.92 Å². The van der Waals surface area contributed by atoms with E-state index in [0.29, 0.717) is 45.8 Å². The average Bonchev–Trinajstić information content (AvgIpc) is 3.28. The highest BCUT2D eigenvalue weighted by atomic mass is 35.5. The minimum absolute atomic E-state index is 0.0626. The van der Waals surface area contributed by atoms with Crippen LogP contribution in [0.15, 0.2) is 24.3 Å². The molecular formula is C27H31ClFN5O3. The van der Waals surface area contributed by atoms with Gasteiger partial charge in [-0.3, -0.25) is 5.10 Å². The number of hydrogen-bond donors (Lipinski definition) is 2. The number of aryl methyl sites for hydroxylation is 1. The molecule has 0 aliphatic carbocycles. The van der Waals surface area contributed by atoms with Crippen molar-refractivity contribution < 1.29 is 19.0 Å². The first-order valence-electron chi connectivity index (χ1n) is 12.5. The molecule has 0 atom stereocenters. The first kappa shape index (κ1) is 25.5. The van der Waals surface area contributed by atoms with Crippen LogP contribution in [0.3, 0.4) is 0 Å². The molecular weight excluding hydrogens is 497 g/mol. The highest BCUT2D eigenvalue weighted by Crippen LogP contribution is 2.45. The standard InChI is InChI=1S/C27H31ClFN5O3/c1-4-33-9-11-34(12-10-33)8-5-13-37-21-15-19(29)23-24(26(21)36-3)22-16(2)31-32-27(22)30-25(23)17-6-7-20(35)18(28)14-17/h6-7,14-15,35H,4-5,8-13H2,1-3H3,(H,30,31,32). The van der Waals surface area contributed by atoms with Gasteiger partial charge in [0.1, 0.15) is 11.6 Å². The van der Waals surface area contributed by atoms with E-state index >= 15 is 4.39 Å². The predicted octanol–water partition coefficient (Wildman–Crippen LogP) is 5.00. The number of phenolic OH excluding ortho intramolecular Hbond substituents is 1. The van der Waals surface area contributed by atoms with Crippen molar-refractivity contribution in [2.45, 2.75) is 20.3 Å². The quantitative estimate of drug-likeness (QED) is 0.312. The van der Waals surface area contributed by atoms with Gasteiger partial charge in [-0.2, -0.15) is 5.10 Å². The van der Waals surface area contributed by atoms with Gasteiger partial charge in [-0.1, -0.05) is 18.5 Å². The van der Waals surface area contributed by atoms with Crippen molar-refractivity contribution in [2.24, 2.45) is 0 Å². The molecule has 2 N–H and O–H groups in total. The number of benzene rings is 2. The fourth-order valence-corrected chi connectivity index (χ4v) is 5.19. The smallest absolute Gasteiger partial charge is 0.182 e. The predicted molar refractivity (Wildman–Crippen MR) is 143 cm³/mol. The average molecular weight is 528 g/mol. The second kappa shape index (κ2) is 10.7. The van der Waals surface area contributed by atoms with E-state index in [9.17, 15) is 5.11 Å². The van der Waals surface area contributed by atoms with Gasteiger partial charge in [0.15, 0.2) is 17.1 Å². The summed E-state index contributed by atoms with van der Waals surface area (Å²) in [5.41, 5.74) is 2.06. The van der Waals surface area contributed by atoms with Crippen LogP contribution in [0.25, 0.3) is 33.1 Å². The number of H-pyrrole nitrogens is 1. The number of likely N-dealkylation sites (N-methyl/N-ethyl adjacent to an activating group) is 1. The molecule has 2 aromatic carbocycles. The van der Waals surface area contributed by atoms with Crippen molar-refractivity contribution in [3.05, 3.63) is 40.8 Å². The molecule has 1 fully saturated rings. The maximum atomic E-state index is 15.8. The van der Waals surface area contributed by atoms with Gasteiger partial charge in [-0.15, -0.1) is 0 Å². The summed E-state index contributed by atoms with van der Waals surface area (Å²) in [7, 11) is 1.55. The first-order valence-corrected chi connectivity index (χ1v) is 12.9. The van der Waals surface area contributed by atoms with E-state index < -0.39 is 5.82 Å². The Balaban J connectivity index is 1.50. The molecule has 0 bridgehead atoms. The molecule has 8 nitrogen and oxygen atoms in total. The lowest BCUT2D eigenvalue weighted by Crippen LogP contribution is -2.46. The number of ether oxygens (including phenoxy) is 2. The zero-order valence-corrected chi connectivity index (χ0v) is 22.0. The molecule has 1 saturated heterocycles. The van der Waals surface area contributed by atoms with Crippen LogP contribution in [0.5, 0.6) is 17.2 Å². The lowest BCUT2D eigenvalue weighted by molar-refractivity contribution is 0.130. The van der Waals surface area contributed by atoms with Crippen molar-refractivity contribution in [3.8, 4) is 28.5 Å². The van der Waals surface area contributed by atoms with Gasteiger partial charge in [-0.25, -0.2) is 9.37 Å². The molecule has 0 unspecified atom stereocenters. The molecule has 1 aliphatic rings. The van der Waals surface area contributed by atoms with Crippen LogP contribution in [0.1, 0.15) is 19.0 Å². The number of fused-ring (bicyclic) bond motifs is 3. The van der Waals surface area contributed by atoms with Crippen LogP contribution in [-0.4, -0.2) is 83.1 Å². The summed E-state index contributed by atoms with van der Waals surface area (Å²) < 4.78 is 27.7. The number of nitrogens with one attached hydrogen (secondary N) is 1. The van der Waals surface area contributed by atoms with Gasteiger partial charge in [0.2, 0.25) is 0 Å². The number of methoxy groups -OCH3 is 1. The van der Waals surface area contributed by atoms with E-state index in [-0.39, 0.29) is 16.2 Å². The van der Waals surface area contributed by atoms with Crippen LogP contribution in [0, 0.1) is 12.7 Å². The summed E-state index contributed by atoms with van der Waals surface area (Å²) in [5, 5.41) is 18.8. The number of aromatic nitrogens is 3. The normalized spacial score (nSPS) is 15.1. The largest absolute Gasteiger partial charge is 0.506 e. The first-order chi connectivity index (χ1) is 17.9. The summed E-state index contributed by atoms with van der Waals surface area (Å²) in [4.78, 5) is 9.53. The molecule has 0 saturated carbocycles. The fraction of sp³-hybridized carbons (Fsp3) is 0.407. The van der Waals surface area contributed by atoms with Crippen molar-refractivity contribution >= 4 is 33.4 Å². The zero-order chi connectivity index (χ0) is 26.1. The minimum atomic E-state index is -0.490. The Morgan fingerprint density at radius 2 is 1.86 bits per heavy atom. The van der Waals surface area contributed by atoms with E-state index in [4.69, 9.17) is 21.1 Å². The molecule has 3 heterocycles. The Labute approximate surface area is 219 Å². The monoisotopic (exact) mass is 527 g/mol. The summed E-state index contributed by atoms with van der Waals surface area (Å²) in [6.45, 7) is 10.8. The third-order valence-corrected chi connectivity index (χ3v) is 7.35. The molecule has 5 rings (SSSR count). The van der Waals surface area contributed by atoms with Crippen LogP contribution in [-0.2, 0) is 0 Å². The van der Waals surface area contributed by atoms with Gasteiger partial charge in [0, 0.05) is 60.8 Å². The summed E-state index contributed by atoms with van der Waals surface area (Å²) in [6.07, 6.45) is 0.822. The third kappa shape index (κ3) is 4.91. The van der Waals surface area contributed by atoms with Crippen molar-refractivity contribution in [1.82, 2.24) is 25.0 Å². The van der Waals surface area contributed by atoms with Crippen LogP contribution >= 0.6 is 11.6 Å². The highest BCUT2D eigenvalue weighted by Gasteiger charge is 2.24. The van der Waals surface area contributed by atoms with Crippen LogP contribution in [0.2, 0.25) is 5.02 Å². The Bertz CT molecular complexity index is 1440. The van der Waals surface area contributed by atoms with E-state index in [1.54, 1.807) is 19.2 Å². The summed E-state index contributed by atoms with van der Waals surface area (Å²) >= 11 is 6.16. The Hall–Kier alpha value is -3.14. The zero-order valence-electron chi connectivity index (χ0n) is 21.3. The number of rotatable bonds is 8. The molecule has 1 aliphatic heterocycles. The maximum absolute atomic E-state index is 15.8. The fourth-order valence-electron chi connectivity index (χ4n) is 5.01. The Kier molecular flexibility index (Phi) is 7.37. The van der Waals surface area contributed by atoms with Crippen molar-refractivity contribution in [3.63, 3.8) is 0 Å². The number of aromatic amines is 1. The minimum Gasteiger partial charge on any atom is -0.506 e. The van der Waals surface area contributed by atoms with Crippen molar-refractivity contribution in [2.75, 3.05) is 53.0 Å². The highest BCUT2D eigenvalue weighted by molar-refractivity contribution is 6.32. The summed E-state index contributed by atoms with van der Waals surface area (Å²) in [6, 6.07) is 6.02. The van der Waals surface area contributed by atoms with Crippen LogP contribution in [0.4, 0.5) is 4.39 Å². The second-order valence-corrected chi connectivity index (χ2v) is 9.70. The van der Waals surface area contributed by atoms with Crippen molar-refractivity contribution in [1.29, 1.82) is 0 Å².